The maximum atomic E-state index is 12.6. The van der Waals surface area contributed by atoms with Gasteiger partial charge in [-0.05, 0) is 17.7 Å². The summed E-state index contributed by atoms with van der Waals surface area (Å²) >= 11 is 3.23. The van der Waals surface area contributed by atoms with Crippen LogP contribution in [0.15, 0.2) is 33.8 Å². The molecule has 0 saturated heterocycles. The monoisotopic (exact) mass is 320 g/mol. The maximum Gasteiger partial charge on any atom is 0.400 e. The summed E-state index contributed by atoms with van der Waals surface area (Å²) in [6.07, 6.45) is -4.99. The van der Waals surface area contributed by atoms with Crippen LogP contribution in [0.3, 0.4) is 0 Å². The van der Waals surface area contributed by atoms with E-state index in [4.69, 9.17) is 0 Å². The molecule has 2 rings (SSSR count). The molecule has 1 aliphatic heterocycles. The predicted octanol–water partition coefficient (Wildman–Crippen LogP) is 2.85. The fourth-order valence-electron chi connectivity index (χ4n) is 1.62. The average molecular weight is 321 g/mol. The number of hydrazone groups is 1. The molecule has 1 aliphatic rings. The Balaban J connectivity index is 2.26. The number of hydrogen-bond acceptors (Lipinski definition) is 2. The Bertz CT molecular complexity index is 496. The van der Waals surface area contributed by atoms with Gasteiger partial charge >= 0.3 is 6.18 Å². The Morgan fingerprint density at radius 1 is 1.28 bits per heavy atom. The summed E-state index contributed by atoms with van der Waals surface area (Å²) in [5, 5.41) is 3.68. The van der Waals surface area contributed by atoms with Gasteiger partial charge in [0.25, 0.3) is 5.91 Å². The van der Waals surface area contributed by atoms with Crippen molar-refractivity contribution in [1.29, 1.82) is 0 Å². The number of carbonyl (C=O) groups excluding carboxylic acids is 1. The molecule has 1 aromatic rings. The summed E-state index contributed by atoms with van der Waals surface area (Å²) in [6.45, 7) is 0. The number of nitrogens with zero attached hydrogens (tertiary/aromatic N) is 1. The molecule has 18 heavy (non-hydrogen) atoms. The second-order valence-corrected chi connectivity index (χ2v) is 4.76. The first-order valence-corrected chi connectivity index (χ1v) is 5.86. The van der Waals surface area contributed by atoms with Gasteiger partial charge < -0.3 is 0 Å². The smallest absolute Gasteiger partial charge is 0.272 e. The first-order valence-electron chi connectivity index (χ1n) is 5.07. The van der Waals surface area contributed by atoms with Crippen LogP contribution in [0.5, 0.6) is 0 Å². The summed E-state index contributed by atoms with van der Waals surface area (Å²) in [7, 11) is 0. The molecular weight excluding hydrogens is 313 g/mol. The number of alkyl halides is 3. The second kappa shape index (κ2) is 4.72. The van der Waals surface area contributed by atoms with E-state index in [-0.39, 0.29) is 5.71 Å². The normalized spacial score (nSPS) is 20.3. The molecule has 0 saturated carbocycles. The highest BCUT2D eigenvalue weighted by Crippen LogP contribution is 2.32. The molecule has 0 aromatic heterocycles. The standard InChI is InChI=1S/C11H8BrF3N2O/c12-7-3-1-6(2-4-7)9-5-8(11(13,14)15)10(18)17-16-9/h1-4,8H,5H2,(H,17,18). The van der Waals surface area contributed by atoms with Crippen LogP contribution in [0.2, 0.25) is 0 Å². The molecule has 1 heterocycles. The number of halogens is 4. The number of carbonyl (C=O) groups is 1. The maximum absolute atomic E-state index is 12.6. The summed E-state index contributed by atoms with van der Waals surface area (Å²) in [5.74, 6) is -3.14. The van der Waals surface area contributed by atoms with Crippen molar-refractivity contribution < 1.29 is 18.0 Å². The Labute approximate surface area is 109 Å². The first-order chi connectivity index (χ1) is 8.38. The lowest BCUT2D eigenvalue weighted by Gasteiger charge is -2.23. The number of benzene rings is 1. The Hall–Kier alpha value is -1.37. The minimum absolute atomic E-state index is 0.226. The summed E-state index contributed by atoms with van der Waals surface area (Å²) in [6, 6.07) is 6.70. The van der Waals surface area contributed by atoms with Crippen LogP contribution in [-0.2, 0) is 4.79 Å². The highest BCUT2D eigenvalue weighted by molar-refractivity contribution is 9.10. The van der Waals surface area contributed by atoms with Gasteiger partial charge in [0, 0.05) is 10.9 Å². The van der Waals surface area contributed by atoms with Crippen molar-refractivity contribution in [2.45, 2.75) is 12.6 Å². The molecule has 1 N–H and O–H groups in total. The molecule has 0 aliphatic carbocycles. The zero-order chi connectivity index (χ0) is 13.3. The summed E-state index contributed by atoms with van der Waals surface area (Å²) < 4.78 is 38.7. The lowest BCUT2D eigenvalue weighted by atomic mass is 9.95. The van der Waals surface area contributed by atoms with E-state index in [1.54, 1.807) is 24.3 Å². The summed E-state index contributed by atoms with van der Waals surface area (Å²) in [5.41, 5.74) is 2.71. The SMILES string of the molecule is O=C1NN=C(c2ccc(Br)cc2)CC1C(F)(F)F. The lowest BCUT2D eigenvalue weighted by molar-refractivity contribution is -0.182. The van der Waals surface area contributed by atoms with E-state index in [0.29, 0.717) is 5.56 Å². The molecule has 96 valence electrons. The third-order valence-corrected chi connectivity index (χ3v) is 3.12. The molecule has 1 atom stereocenters. The van der Waals surface area contributed by atoms with E-state index in [9.17, 15) is 18.0 Å². The van der Waals surface area contributed by atoms with Crippen LogP contribution in [0.4, 0.5) is 13.2 Å². The van der Waals surface area contributed by atoms with Crippen molar-refractivity contribution in [3.05, 3.63) is 34.3 Å². The minimum atomic E-state index is -4.55. The van der Waals surface area contributed by atoms with Crippen molar-refractivity contribution in [3.63, 3.8) is 0 Å². The average Bonchev–Trinajstić information content (AvgIpc) is 2.29. The van der Waals surface area contributed by atoms with Crippen molar-refractivity contribution >= 4 is 27.5 Å². The molecule has 3 nitrogen and oxygen atoms in total. The Kier molecular flexibility index (Phi) is 3.43. The first kappa shape index (κ1) is 13.1. The predicted molar refractivity (Wildman–Crippen MR) is 63.0 cm³/mol. The van der Waals surface area contributed by atoms with Crippen LogP contribution in [0.1, 0.15) is 12.0 Å². The molecule has 0 radical (unpaired) electrons. The number of hydrogen-bond donors (Lipinski definition) is 1. The zero-order valence-corrected chi connectivity index (χ0v) is 10.5. The van der Waals surface area contributed by atoms with Gasteiger partial charge in [0.05, 0.1) is 5.71 Å². The molecular formula is C11H8BrF3N2O. The zero-order valence-electron chi connectivity index (χ0n) is 8.96. The number of rotatable bonds is 1. The highest BCUT2D eigenvalue weighted by Gasteiger charge is 2.47. The fourth-order valence-corrected chi connectivity index (χ4v) is 1.89. The van der Waals surface area contributed by atoms with E-state index < -0.39 is 24.4 Å². The molecule has 1 amide bonds. The van der Waals surface area contributed by atoms with E-state index in [0.717, 1.165) is 4.47 Å². The van der Waals surface area contributed by atoms with Crippen LogP contribution in [-0.4, -0.2) is 17.8 Å². The van der Waals surface area contributed by atoms with E-state index in [1.807, 2.05) is 5.43 Å². The minimum Gasteiger partial charge on any atom is -0.272 e. The van der Waals surface area contributed by atoms with Gasteiger partial charge in [-0.25, -0.2) is 5.43 Å². The van der Waals surface area contributed by atoms with Gasteiger partial charge in [0.2, 0.25) is 0 Å². The quantitative estimate of drug-likeness (QED) is 0.849. The molecule has 1 aromatic carbocycles. The summed E-state index contributed by atoms with van der Waals surface area (Å²) in [4.78, 5) is 11.1. The van der Waals surface area contributed by atoms with Crippen molar-refractivity contribution in [1.82, 2.24) is 5.43 Å². The van der Waals surface area contributed by atoms with E-state index >= 15 is 0 Å². The number of nitrogens with one attached hydrogen (secondary N) is 1. The van der Waals surface area contributed by atoms with Gasteiger partial charge in [-0.15, -0.1) is 0 Å². The lowest BCUT2D eigenvalue weighted by Crippen LogP contribution is -2.42. The topological polar surface area (TPSA) is 41.5 Å². The van der Waals surface area contributed by atoms with Gasteiger partial charge in [-0.3, -0.25) is 4.79 Å². The molecule has 1 unspecified atom stereocenters. The van der Waals surface area contributed by atoms with E-state index in [1.165, 1.54) is 0 Å². The second-order valence-electron chi connectivity index (χ2n) is 3.84. The van der Waals surface area contributed by atoms with Gasteiger partial charge in [0.15, 0.2) is 0 Å². The van der Waals surface area contributed by atoms with Gasteiger partial charge in [-0.1, -0.05) is 28.1 Å². The van der Waals surface area contributed by atoms with Gasteiger partial charge in [0.1, 0.15) is 5.92 Å². The largest absolute Gasteiger partial charge is 0.400 e. The number of amides is 1. The molecule has 0 fully saturated rings. The Morgan fingerprint density at radius 2 is 1.89 bits per heavy atom. The fraction of sp³-hybridized carbons (Fsp3) is 0.273. The van der Waals surface area contributed by atoms with Crippen molar-refractivity contribution in [2.24, 2.45) is 11.0 Å². The van der Waals surface area contributed by atoms with Crippen molar-refractivity contribution in [2.75, 3.05) is 0 Å². The third kappa shape index (κ3) is 2.72. The third-order valence-electron chi connectivity index (χ3n) is 2.59. The van der Waals surface area contributed by atoms with Crippen LogP contribution in [0, 0.1) is 5.92 Å². The molecule has 0 spiro atoms. The van der Waals surface area contributed by atoms with Crippen LogP contribution in [0.25, 0.3) is 0 Å². The molecule has 0 bridgehead atoms. The van der Waals surface area contributed by atoms with E-state index in [2.05, 4.69) is 21.0 Å². The Morgan fingerprint density at radius 3 is 2.44 bits per heavy atom. The van der Waals surface area contributed by atoms with Crippen LogP contribution >= 0.6 is 15.9 Å². The van der Waals surface area contributed by atoms with Crippen molar-refractivity contribution in [3.8, 4) is 0 Å². The highest BCUT2D eigenvalue weighted by atomic mass is 79.9. The van der Waals surface area contributed by atoms with Crippen LogP contribution < -0.4 is 5.43 Å². The van der Waals surface area contributed by atoms with Gasteiger partial charge in [-0.2, -0.15) is 18.3 Å². The molecule has 7 heteroatoms.